The number of anilines is 1. The van der Waals surface area contributed by atoms with Gasteiger partial charge in [-0.1, -0.05) is 85.3 Å². The molecule has 1 fully saturated rings. The number of benzene rings is 3. The van der Waals surface area contributed by atoms with Crippen molar-refractivity contribution < 1.29 is 24.2 Å². The van der Waals surface area contributed by atoms with Crippen molar-refractivity contribution in [1.82, 2.24) is 10.2 Å². The summed E-state index contributed by atoms with van der Waals surface area (Å²) in [6.07, 6.45) is 1.72. The molecule has 3 aromatic carbocycles. The van der Waals surface area contributed by atoms with Crippen LogP contribution in [0.2, 0.25) is 10.0 Å². The van der Waals surface area contributed by atoms with Crippen molar-refractivity contribution >= 4 is 68.9 Å². The van der Waals surface area contributed by atoms with Gasteiger partial charge in [0.05, 0.1) is 24.8 Å². The van der Waals surface area contributed by atoms with Crippen LogP contribution < -0.4 is 14.4 Å². The molecule has 240 valence electrons. The van der Waals surface area contributed by atoms with E-state index in [-0.39, 0.29) is 16.5 Å². The van der Waals surface area contributed by atoms with Gasteiger partial charge in [0.25, 0.3) is 5.78 Å². The van der Waals surface area contributed by atoms with Crippen LogP contribution >= 0.6 is 46.3 Å². The number of ketones is 1. The maximum absolute atomic E-state index is 13.7. The molecular weight excluding hydrogens is 665 g/mol. The van der Waals surface area contributed by atoms with E-state index in [9.17, 15) is 14.7 Å². The first-order valence-electron chi connectivity index (χ1n) is 14.8. The predicted molar refractivity (Wildman–Crippen MR) is 184 cm³/mol. The molecule has 2 heterocycles. The van der Waals surface area contributed by atoms with Crippen molar-refractivity contribution in [3.05, 3.63) is 99.0 Å². The molecule has 1 aliphatic rings. The normalized spacial score (nSPS) is 16.0. The summed E-state index contributed by atoms with van der Waals surface area (Å²) in [6, 6.07) is 18.3. The minimum absolute atomic E-state index is 0.0519. The van der Waals surface area contributed by atoms with Crippen LogP contribution in [0.5, 0.6) is 11.5 Å². The van der Waals surface area contributed by atoms with Gasteiger partial charge in [0, 0.05) is 21.4 Å². The molecule has 1 aliphatic heterocycles. The average Bonchev–Trinajstić information content (AvgIpc) is 3.61. The molecular formula is C34H33Cl2N3O5S2. The van der Waals surface area contributed by atoms with Crippen LogP contribution in [0.25, 0.3) is 5.76 Å². The van der Waals surface area contributed by atoms with E-state index in [1.54, 1.807) is 54.6 Å². The lowest BCUT2D eigenvalue weighted by Crippen LogP contribution is -2.29. The first-order chi connectivity index (χ1) is 22.2. The molecule has 8 nitrogen and oxygen atoms in total. The van der Waals surface area contributed by atoms with Crippen molar-refractivity contribution in [2.45, 2.75) is 49.7 Å². The van der Waals surface area contributed by atoms with E-state index < -0.39 is 17.7 Å². The Balaban J connectivity index is 1.51. The highest BCUT2D eigenvalue weighted by molar-refractivity contribution is 8.00. The summed E-state index contributed by atoms with van der Waals surface area (Å²) in [5.41, 5.74) is 1.78. The van der Waals surface area contributed by atoms with Gasteiger partial charge in [-0.15, -0.1) is 10.2 Å². The third-order valence-corrected chi connectivity index (χ3v) is 9.84. The number of aromatic nitrogens is 2. The van der Waals surface area contributed by atoms with E-state index in [0.717, 1.165) is 18.4 Å². The molecule has 46 heavy (non-hydrogen) atoms. The Hall–Kier alpha value is -3.57. The number of carbonyl (C=O) groups excluding carboxylic acids is 2. The van der Waals surface area contributed by atoms with Crippen molar-refractivity contribution in [2.24, 2.45) is 5.92 Å². The molecule has 4 aromatic rings. The zero-order valence-electron chi connectivity index (χ0n) is 25.5. The Labute approximate surface area is 286 Å². The van der Waals surface area contributed by atoms with Gasteiger partial charge in [-0.25, -0.2) is 0 Å². The van der Waals surface area contributed by atoms with Crippen LogP contribution in [0.4, 0.5) is 5.13 Å². The minimum atomic E-state index is -0.971. The summed E-state index contributed by atoms with van der Waals surface area (Å²) in [5, 5.41) is 21.5. The number of rotatable bonds is 13. The predicted octanol–water partition coefficient (Wildman–Crippen LogP) is 8.98. The van der Waals surface area contributed by atoms with E-state index in [2.05, 4.69) is 24.0 Å². The minimum Gasteiger partial charge on any atom is -0.507 e. The summed E-state index contributed by atoms with van der Waals surface area (Å²) >= 11 is 15.0. The fourth-order valence-corrected chi connectivity index (χ4v) is 7.18. The highest BCUT2D eigenvalue weighted by atomic mass is 35.5. The lowest BCUT2D eigenvalue weighted by atomic mass is 9.95. The van der Waals surface area contributed by atoms with Crippen LogP contribution in [-0.2, 0) is 15.3 Å². The first-order valence-corrected chi connectivity index (χ1v) is 17.4. The number of halogens is 2. The van der Waals surface area contributed by atoms with Gasteiger partial charge in [-0.3, -0.25) is 14.5 Å². The van der Waals surface area contributed by atoms with Gasteiger partial charge in [0.15, 0.2) is 4.34 Å². The van der Waals surface area contributed by atoms with Crippen molar-refractivity contribution in [2.75, 3.05) is 18.1 Å². The van der Waals surface area contributed by atoms with Crippen LogP contribution in [0, 0.1) is 5.92 Å². The van der Waals surface area contributed by atoms with Gasteiger partial charge < -0.3 is 14.6 Å². The smallest absolute Gasteiger partial charge is 0.301 e. The molecule has 0 aliphatic carbocycles. The van der Waals surface area contributed by atoms with Crippen LogP contribution in [0.3, 0.4) is 0 Å². The summed E-state index contributed by atoms with van der Waals surface area (Å²) in [5.74, 6) is 0.270. The Kier molecular flexibility index (Phi) is 11.3. The molecule has 1 atom stereocenters. The number of carbonyl (C=O) groups is 2. The number of amides is 1. The highest BCUT2D eigenvalue weighted by Crippen LogP contribution is 2.45. The van der Waals surface area contributed by atoms with E-state index >= 15 is 0 Å². The lowest BCUT2D eigenvalue weighted by molar-refractivity contribution is -0.132. The second-order valence-corrected chi connectivity index (χ2v) is 14.0. The Bertz CT molecular complexity index is 1740. The maximum Gasteiger partial charge on any atom is 0.301 e. The highest BCUT2D eigenvalue weighted by Gasteiger charge is 2.48. The van der Waals surface area contributed by atoms with Crippen molar-refractivity contribution in [1.29, 1.82) is 0 Å². The number of aliphatic hydroxyl groups is 1. The molecule has 0 saturated carbocycles. The number of nitrogens with zero attached hydrogens (tertiary/aromatic N) is 3. The monoisotopic (exact) mass is 697 g/mol. The summed E-state index contributed by atoms with van der Waals surface area (Å²) in [7, 11) is 0. The Morgan fingerprint density at radius 3 is 2.48 bits per heavy atom. The third-order valence-electron chi connectivity index (χ3n) is 7.15. The second-order valence-electron chi connectivity index (χ2n) is 11.0. The molecule has 5 rings (SSSR count). The van der Waals surface area contributed by atoms with E-state index in [0.29, 0.717) is 61.9 Å². The largest absolute Gasteiger partial charge is 0.507 e. The van der Waals surface area contributed by atoms with E-state index in [1.165, 1.54) is 28.0 Å². The zero-order valence-corrected chi connectivity index (χ0v) is 28.7. The third kappa shape index (κ3) is 7.86. The standard InChI is InChI=1S/C34H33Cl2N3O5S2/c1-4-15-43-25-12-9-21(10-13-25)30(40)28-29(22-6-5-7-26(17-22)44-16-14-20(2)3)39(32(42)31(28)41)33-37-38-34(46-33)45-19-23-8-11-24(35)18-27(23)36/h5-13,17-18,20,29,40H,4,14-16,19H2,1-3H3. The molecule has 1 N–H and O–H groups in total. The second kappa shape index (κ2) is 15.3. The first kappa shape index (κ1) is 33.8. The molecule has 1 aromatic heterocycles. The molecule has 0 radical (unpaired) electrons. The Morgan fingerprint density at radius 1 is 1.00 bits per heavy atom. The number of hydrogen-bond donors (Lipinski definition) is 1. The molecule has 12 heteroatoms. The number of hydrogen-bond acceptors (Lipinski definition) is 9. The number of Topliss-reactive ketones (excluding diaryl/α,β-unsaturated/α-hetero) is 1. The van der Waals surface area contributed by atoms with Crippen molar-refractivity contribution in [3.8, 4) is 11.5 Å². The molecule has 0 spiro atoms. The fourth-order valence-electron chi connectivity index (χ4n) is 4.75. The van der Waals surface area contributed by atoms with Gasteiger partial charge in [0.1, 0.15) is 17.3 Å². The number of thioether (sulfide) groups is 1. The lowest BCUT2D eigenvalue weighted by Gasteiger charge is -2.23. The van der Waals surface area contributed by atoms with E-state index in [1.807, 2.05) is 19.1 Å². The average molecular weight is 699 g/mol. The van der Waals surface area contributed by atoms with Crippen molar-refractivity contribution in [3.63, 3.8) is 0 Å². The molecule has 1 saturated heterocycles. The molecule has 0 bridgehead atoms. The van der Waals surface area contributed by atoms with Gasteiger partial charge in [0.2, 0.25) is 5.13 Å². The quantitative estimate of drug-likeness (QED) is 0.0486. The summed E-state index contributed by atoms with van der Waals surface area (Å²) < 4.78 is 12.3. The van der Waals surface area contributed by atoms with Crippen LogP contribution in [0.15, 0.2) is 76.6 Å². The van der Waals surface area contributed by atoms with Gasteiger partial charge >= 0.3 is 5.91 Å². The zero-order chi connectivity index (χ0) is 32.8. The summed E-state index contributed by atoms with van der Waals surface area (Å²) in [6.45, 7) is 7.32. The SMILES string of the molecule is CCCOc1ccc(C(O)=C2C(=O)C(=O)N(c3nnc(SCc4ccc(Cl)cc4Cl)s3)C2c2cccc(OCCC(C)C)c2)cc1. The number of aliphatic hydroxyl groups excluding tert-OH is 1. The fraction of sp³-hybridized carbons (Fsp3) is 0.294. The van der Waals surface area contributed by atoms with Gasteiger partial charge in [-0.2, -0.15) is 0 Å². The Morgan fingerprint density at radius 2 is 1.76 bits per heavy atom. The summed E-state index contributed by atoms with van der Waals surface area (Å²) in [4.78, 5) is 28.7. The van der Waals surface area contributed by atoms with Crippen LogP contribution in [-0.4, -0.2) is 40.2 Å². The molecule has 1 unspecified atom stereocenters. The topological polar surface area (TPSA) is 102 Å². The molecule has 1 amide bonds. The number of ether oxygens (including phenoxy) is 2. The maximum atomic E-state index is 13.7. The van der Waals surface area contributed by atoms with E-state index in [4.69, 9.17) is 32.7 Å². The van der Waals surface area contributed by atoms with Gasteiger partial charge in [-0.05, 0) is 78.4 Å². The van der Waals surface area contributed by atoms with Crippen LogP contribution in [0.1, 0.15) is 56.3 Å².